The fourth-order valence-corrected chi connectivity index (χ4v) is 6.35. The number of rotatable bonds is 0. The summed E-state index contributed by atoms with van der Waals surface area (Å²) in [6.07, 6.45) is 5.51. The molecule has 0 aromatic rings. The Kier molecular flexibility index (Phi) is 2.67. The predicted molar refractivity (Wildman–Crippen MR) is 75.6 cm³/mol. The van der Waals surface area contributed by atoms with Gasteiger partial charge in [-0.3, -0.25) is 4.79 Å². The summed E-state index contributed by atoms with van der Waals surface area (Å²) >= 11 is 0. The Bertz CT molecular complexity index is 413. The lowest BCUT2D eigenvalue weighted by atomic mass is 9.44. The number of carbonyl (C=O) groups is 1. The molecule has 19 heavy (non-hydrogen) atoms. The smallest absolute Gasteiger partial charge is 0.306 e. The highest BCUT2D eigenvalue weighted by molar-refractivity contribution is 5.73. The number of ether oxygens (including phenoxy) is 1. The maximum absolute atomic E-state index is 11.9. The minimum Gasteiger partial charge on any atom is -0.459 e. The summed E-state index contributed by atoms with van der Waals surface area (Å²) in [5, 5.41) is 0. The van der Waals surface area contributed by atoms with E-state index in [0.717, 1.165) is 18.3 Å². The summed E-state index contributed by atoms with van der Waals surface area (Å²) < 4.78 is 5.73. The molecule has 0 spiro atoms. The van der Waals surface area contributed by atoms with Gasteiger partial charge in [0.05, 0.1) is 6.42 Å². The lowest BCUT2D eigenvalue weighted by molar-refractivity contribution is -0.169. The molecule has 1 aliphatic heterocycles. The van der Waals surface area contributed by atoms with Crippen molar-refractivity contribution in [2.75, 3.05) is 0 Å². The van der Waals surface area contributed by atoms with Crippen molar-refractivity contribution in [2.45, 2.75) is 72.3 Å². The van der Waals surface area contributed by atoms with Crippen molar-refractivity contribution >= 4 is 5.97 Å². The number of fused-ring (bicyclic) bond motifs is 3. The molecule has 2 aliphatic carbocycles. The van der Waals surface area contributed by atoms with Crippen molar-refractivity contribution in [3.63, 3.8) is 0 Å². The van der Waals surface area contributed by atoms with Gasteiger partial charge < -0.3 is 4.74 Å². The van der Waals surface area contributed by atoms with Gasteiger partial charge in [-0.25, -0.2) is 0 Å². The van der Waals surface area contributed by atoms with Crippen molar-refractivity contribution in [3.05, 3.63) is 0 Å². The van der Waals surface area contributed by atoms with E-state index in [1.165, 1.54) is 19.3 Å². The van der Waals surface area contributed by atoms with E-state index in [1.54, 1.807) is 0 Å². The van der Waals surface area contributed by atoms with Gasteiger partial charge in [-0.2, -0.15) is 0 Å². The fraction of sp³-hybridized carbons (Fsp3) is 0.941. The van der Waals surface area contributed by atoms with Gasteiger partial charge in [0.25, 0.3) is 0 Å². The standard InChI is InChI=1S/C17H28O2/c1-11-9-15(2,3)12-6-7-17(5)13(8-14(18)19-17)16(12,4)10-11/h11-13H,6-10H2,1-5H3/t11?,12?,13-,16+,17-/m1/s1. The van der Waals surface area contributed by atoms with Crippen LogP contribution in [0.3, 0.4) is 0 Å². The van der Waals surface area contributed by atoms with Crippen LogP contribution in [0.1, 0.15) is 66.7 Å². The molecule has 2 nitrogen and oxygen atoms in total. The molecule has 2 saturated carbocycles. The molecular weight excluding hydrogens is 236 g/mol. The zero-order chi connectivity index (χ0) is 14.1. The van der Waals surface area contributed by atoms with Crippen LogP contribution >= 0.6 is 0 Å². The summed E-state index contributed by atoms with van der Waals surface area (Å²) in [5.41, 5.74) is 0.495. The van der Waals surface area contributed by atoms with Gasteiger partial charge in [0.1, 0.15) is 5.60 Å². The van der Waals surface area contributed by atoms with Crippen molar-refractivity contribution < 1.29 is 9.53 Å². The zero-order valence-electron chi connectivity index (χ0n) is 13.1. The van der Waals surface area contributed by atoms with Crippen LogP contribution in [-0.4, -0.2) is 11.6 Å². The average molecular weight is 264 g/mol. The Labute approximate surface area is 117 Å². The molecule has 1 saturated heterocycles. The van der Waals surface area contributed by atoms with Gasteiger partial charge in [0, 0.05) is 5.92 Å². The van der Waals surface area contributed by atoms with Crippen molar-refractivity contribution in [2.24, 2.45) is 28.6 Å². The van der Waals surface area contributed by atoms with Crippen LogP contribution in [0.4, 0.5) is 0 Å². The number of esters is 1. The second-order valence-electron chi connectivity index (χ2n) is 8.64. The van der Waals surface area contributed by atoms with Crippen LogP contribution in [0.5, 0.6) is 0 Å². The molecule has 0 amide bonds. The zero-order valence-corrected chi connectivity index (χ0v) is 13.1. The first-order chi connectivity index (χ1) is 8.67. The van der Waals surface area contributed by atoms with E-state index in [0.29, 0.717) is 17.8 Å². The van der Waals surface area contributed by atoms with E-state index in [4.69, 9.17) is 4.74 Å². The molecule has 0 N–H and O–H groups in total. The van der Waals surface area contributed by atoms with Crippen LogP contribution in [0.25, 0.3) is 0 Å². The van der Waals surface area contributed by atoms with Gasteiger partial charge in [-0.15, -0.1) is 0 Å². The third-order valence-corrected chi connectivity index (χ3v) is 6.58. The van der Waals surface area contributed by atoms with E-state index >= 15 is 0 Å². The third kappa shape index (κ3) is 1.78. The van der Waals surface area contributed by atoms with Gasteiger partial charge in [0.2, 0.25) is 0 Å². The SMILES string of the molecule is CC1CC(C)(C)C2CC[C@@]3(C)OC(=O)C[C@@H]3[C@@]2(C)C1. The van der Waals surface area contributed by atoms with Crippen molar-refractivity contribution in [1.29, 1.82) is 0 Å². The van der Waals surface area contributed by atoms with Crippen molar-refractivity contribution in [3.8, 4) is 0 Å². The highest BCUT2D eigenvalue weighted by atomic mass is 16.6. The molecule has 108 valence electrons. The van der Waals surface area contributed by atoms with Gasteiger partial charge >= 0.3 is 5.97 Å². The Morgan fingerprint density at radius 2 is 1.79 bits per heavy atom. The molecule has 1 heterocycles. The van der Waals surface area contributed by atoms with Crippen molar-refractivity contribution in [1.82, 2.24) is 0 Å². The minimum absolute atomic E-state index is 0.0328. The van der Waals surface area contributed by atoms with E-state index in [-0.39, 0.29) is 17.0 Å². The molecule has 0 aromatic carbocycles. The normalized spacial score (nSPS) is 52.3. The van der Waals surface area contributed by atoms with Crippen LogP contribution < -0.4 is 0 Å². The summed E-state index contributed by atoms with van der Waals surface area (Å²) in [5.74, 6) is 1.96. The van der Waals surface area contributed by atoms with Crippen LogP contribution in [0.2, 0.25) is 0 Å². The van der Waals surface area contributed by atoms with Gasteiger partial charge in [0.15, 0.2) is 0 Å². The first kappa shape index (κ1) is 13.5. The largest absolute Gasteiger partial charge is 0.459 e. The quantitative estimate of drug-likeness (QED) is 0.613. The first-order valence-corrected chi connectivity index (χ1v) is 7.89. The molecule has 2 unspecified atom stereocenters. The van der Waals surface area contributed by atoms with Crippen LogP contribution in [-0.2, 0) is 9.53 Å². The Hall–Kier alpha value is -0.530. The number of carbonyl (C=O) groups excluding carboxylic acids is 1. The van der Waals surface area contributed by atoms with Gasteiger partial charge in [-0.05, 0) is 55.3 Å². The van der Waals surface area contributed by atoms with E-state index in [9.17, 15) is 4.79 Å². The second-order valence-corrected chi connectivity index (χ2v) is 8.64. The Morgan fingerprint density at radius 1 is 1.11 bits per heavy atom. The number of hydrogen-bond acceptors (Lipinski definition) is 2. The summed E-state index contributed by atoms with van der Waals surface area (Å²) in [4.78, 5) is 11.9. The summed E-state index contributed by atoms with van der Waals surface area (Å²) in [7, 11) is 0. The van der Waals surface area contributed by atoms with E-state index in [1.807, 2.05) is 0 Å². The van der Waals surface area contributed by atoms with E-state index in [2.05, 4.69) is 34.6 Å². The molecule has 5 atom stereocenters. The monoisotopic (exact) mass is 264 g/mol. The predicted octanol–water partition coefficient (Wildman–Crippen LogP) is 4.18. The van der Waals surface area contributed by atoms with E-state index < -0.39 is 0 Å². The fourth-order valence-electron chi connectivity index (χ4n) is 6.35. The topological polar surface area (TPSA) is 26.3 Å². The maximum Gasteiger partial charge on any atom is 0.306 e. The third-order valence-electron chi connectivity index (χ3n) is 6.58. The molecule has 3 rings (SSSR count). The molecule has 0 radical (unpaired) electrons. The molecule has 2 heteroatoms. The molecular formula is C17H28O2. The van der Waals surface area contributed by atoms with Crippen LogP contribution in [0.15, 0.2) is 0 Å². The van der Waals surface area contributed by atoms with Crippen LogP contribution in [0, 0.1) is 28.6 Å². The first-order valence-electron chi connectivity index (χ1n) is 7.89. The number of hydrogen-bond donors (Lipinski definition) is 0. The average Bonchev–Trinajstić information content (AvgIpc) is 2.51. The van der Waals surface area contributed by atoms with Gasteiger partial charge in [-0.1, -0.05) is 27.7 Å². The molecule has 0 bridgehead atoms. The Balaban J connectivity index is 2.02. The lowest BCUT2D eigenvalue weighted by Gasteiger charge is -2.61. The molecule has 0 aromatic heterocycles. The molecule has 3 aliphatic rings. The highest BCUT2D eigenvalue weighted by Gasteiger charge is 2.63. The Morgan fingerprint density at radius 3 is 2.47 bits per heavy atom. The lowest BCUT2D eigenvalue weighted by Crippen LogP contribution is -2.57. The molecule has 3 fully saturated rings. The summed E-state index contributed by atoms with van der Waals surface area (Å²) in [6.45, 7) is 11.9. The maximum atomic E-state index is 11.9. The minimum atomic E-state index is -0.185. The summed E-state index contributed by atoms with van der Waals surface area (Å²) in [6, 6.07) is 0. The highest BCUT2D eigenvalue weighted by Crippen LogP contribution is 2.65. The second kappa shape index (κ2) is 3.77.